The molecule has 0 saturated carbocycles. The molecule has 13 heavy (non-hydrogen) atoms. The standard InChI is InChI=1S/C11H16FN/c1-4-9-6-10(12)7-11(8(9)3)13-5-2/h6-7,13H,4-5H2,1-3H3. The van der Waals surface area contributed by atoms with E-state index < -0.39 is 0 Å². The van der Waals surface area contributed by atoms with Crippen LogP contribution in [0.25, 0.3) is 0 Å². The molecule has 0 fully saturated rings. The highest BCUT2D eigenvalue weighted by Gasteiger charge is 2.04. The molecule has 0 radical (unpaired) electrons. The van der Waals surface area contributed by atoms with Crippen LogP contribution in [-0.4, -0.2) is 6.54 Å². The maximum atomic E-state index is 13.1. The molecule has 0 aliphatic carbocycles. The summed E-state index contributed by atoms with van der Waals surface area (Å²) < 4.78 is 13.1. The molecule has 0 spiro atoms. The molecule has 0 atom stereocenters. The van der Waals surface area contributed by atoms with E-state index in [9.17, 15) is 4.39 Å². The van der Waals surface area contributed by atoms with Crippen molar-refractivity contribution >= 4 is 5.69 Å². The number of rotatable bonds is 3. The van der Waals surface area contributed by atoms with Gasteiger partial charge in [-0.05, 0) is 43.5 Å². The fraction of sp³-hybridized carbons (Fsp3) is 0.455. The van der Waals surface area contributed by atoms with E-state index in [2.05, 4.69) is 5.32 Å². The molecule has 0 saturated heterocycles. The summed E-state index contributed by atoms with van der Waals surface area (Å²) in [6.07, 6.45) is 0.877. The molecule has 0 heterocycles. The van der Waals surface area contributed by atoms with E-state index in [1.807, 2.05) is 20.8 Å². The zero-order valence-corrected chi connectivity index (χ0v) is 8.45. The predicted octanol–water partition coefficient (Wildman–Crippen LogP) is 3.13. The van der Waals surface area contributed by atoms with Gasteiger partial charge in [-0.1, -0.05) is 6.92 Å². The van der Waals surface area contributed by atoms with Gasteiger partial charge in [0.2, 0.25) is 0 Å². The molecule has 1 nitrogen and oxygen atoms in total. The summed E-state index contributed by atoms with van der Waals surface area (Å²) in [4.78, 5) is 0. The average Bonchev–Trinajstić information content (AvgIpc) is 2.11. The Labute approximate surface area is 79.0 Å². The number of hydrogen-bond acceptors (Lipinski definition) is 1. The topological polar surface area (TPSA) is 12.0 Å². The van der Waals surface area contributed by atoms with Crippen LogP contribution in [-0.2, 0) is 6.42 Å². The number of anilines is 1. The van der Waals surface area contributed by atoms with E-state index in [0.29, 0.717) is 0 Å². The fourth-order valence-corrected chi connectivity index (χ4v) is 1.48. The van der Waals surface area contributed by atoms with Gasteiger partial charge in [-0.15, -0.1) is 0 Å². The van der Waals surface area contributed by atoms with Gasteiger partial charge in [-0.2, -0.15) is 0 Å². The Hall–Kier alpha value is -1.05. The smallest absolute Gasteiger partial charge is 0.125 e. The van der Waals surface area contributed by atoms with Gasteiger partial charge in [0.15, 0.2) is 0 Å². The molecular weight excluding hydrogens is 165 g/mol. The highest BCUT2D eigenvalue weighted by molar-refractivity contribution is 5.54. The maximum Gasteiger partial charge on any atom is 0.125 e. The summed E-state index contributed by atoms with van der Waals surface area (Å²) in [5.74, 6) is -0.154. The molecule has 0 aliphatic heterocycles. The Bertz CT molecular complexity index is 294. The third kappa shape index (κ3) is 2.20. The molecule has 0 amide bonds. The third-order valence-electron chi connectivity index (χ3n) is 2.23. The molecule has 1 N–H and O–H groups in total. The largest absolute Gasteiger partial charge is 0.385 e. The molecule has 1 aromatic rings. The molecule has 0 unspecified atom stereocenters. The second-order valence-corrected chi connectivity index (χ2v) is 3.12. The van der Waals surface area contributed by atoms with Crippen molar-refractivity contribution in [2.75, 3.05) is 11.9 Å². The quantitative estimate of drug-likeness (QED) is 0.755. The second kappa shape index (κ2) is 4.26. The van der Waals surface area contributed by atoms with Crippen LogP contribution in [0, 0.1) is 12.7 Å². The minimum absolute atomic E-state index is 0.154. The number of nitrogens with one attached hydrogen (secondary N) is 1. The number of aryl methyl sites for hydroxylation is 1. The number of benzene rings is 1. The van der Waals surface area contributed by atoms with Gasteiger partial charge in [-0.25, -0.2) is 4.39 Å². The first-order valence-corrected chi connectivity index (χ1v) is 4.72. The van der Waals surface area contributed by atoms with Crippen molar-refractivity contribution in [2.24, 2.45) is 0 Å². The first-order valence-electron chi connectivity index (χ1n) is 4.72. The van der Waals surface area contributed by atoms with Gasteiger partial charge in [-0.3, -0.25) is 0 Å². The van der Waals surface area contributed by atoms with Crippen molar-refractivity contribution in [1.29, 1.82) is 0 Å². The number of hydrogen-bond donors (Lipinski definition) is 1. The summed E-state index contributed by atoms with van der Waals surface area (Å²) in [5.41, 5.74) is 3.15. The summed E-state index contributed by atoms with van der Waals surface area (Å²) >= 11 is 0. The van der Waals surface area contributed by atoms with Crippen LogP contribution in [0.4, 0.5) is 10.1 Å². The van der Waals surface area contributed by atoms with Gasteiger partial charge < -0.3 is 5.32 Å². The van der Waals surface area contributed by atoms with E-state index in [0.717, 1.165) is 29.8 Å². The third-order valence-corrected chi connectivity index (χ3v) is 2.23. The van der Waals surface area contributed by atoms with E-state index >= 15 is 0 Å². The normalized spacial score (nSPS) is 10.2. The summed E-state index contributed by atoms with van der Waals surface area (Å²) in [6, 6.07) is 3.16. The van der Waals surface area contributed by atoms with E-state index in [-0.39, 0.29) is 5.82 Å². The Morgan fingerprint density at radius 3 is 2.54 bits per heavy atom. The van der Waals surface area contributed by atoms with E-state index in [1.165, 1.54) is 0 Å². The Balaban J connectivity index is 3.11. The fourth-order valence-electron chi connectivity index (χ4n) is 1.48. The monoisotopic (exact) mass is 181 g/mol. The van der Waals surface area contributed by atoms with Crippen LogP contribution in [0.2, 0.25) is 0 Å². The van der Waals surface area contributed by atoms with Crippen molar-refractivity contribution in [1.82, 2.24) is 0 Å². The summed E-state index contributed by atoms with van der Waals surface area (Å²) in [6.45, 7) is 6.90. The van der Waals surface area contributed by atoms with Gasteiger partial charge >= 0.3 is 0 Å². The lowest BCUT2D eigenvalue weighted by atomic mass is 10.0. The van der Waals surface area contributed by atoms with E-state index in [4.69, 9.17) is 0 Å². The maximum absolute atomic E-state index is 13.1. The number of halogens is 1. The minimum atomic E-state index is -0.154. The van der Waals surface area contributed by atoms with Crippen molar-refractivity contribution in [2.45, 2.75) is 27.2 Å². The lowest BCUT2D eigenvalue weighted by molar-refractivity contribution is 0.625. The molecule has 1 aromatic carbocycles. The molecule has 0 aromatic heterocycles. The Morgan fingerprint density at radius 2 is 2.00 bits per heavy atom. The first-order chi connectivity index (χ1) is 6.19. The lowest BCUT2D eigenvalue weighted by Crippen LogP contribution is -2.01. The van der Waals surface area contributed by atoms with E-state index in [1.54, 1.807) is 12.1 Å². The minimum Gasteiger partial charge on any atom is -0.385 e. The first kappa shape index (κ1) is 10.0. The van der Waals surface area contributed by atoms with Crippen molar-refractivity contribution in [3.63, 3.8) is 0 Å². The molecule has 0 bridgehead atoms. The molecule has 0 aliphatic rings. The molecule has 1 rings (SSSR count). The van der Waals surface area contributed by atoms with Crippen molar-refractivity contribution in [3.8, 4) is 0 Å². The highest BCUT2D eigenvalue weighted by atomic mass is 19.1. The second-order valence-electron chi connectivity index (χ2n) is 3.12. The zero-order valence-electron chi connectivity index (χ0n) is 8.45. The molecule has 72 valence electrons. The summed E-state index contributed by atoms with van der Waals surface area (Å²) in [5, 5.41) is 3.15. The van der Waals surface area contributed by atoms with Crippen LogP contribution in [0.3, 0.4) is 0 Å². The van der Waals surface area contributed by atoms with Gasteiger partial charge in [0.25, 0.3) is 0 Å². The highest BCUT2D eigenvalue weighted by Crippen LogP contribution is 2.21. The van der Waals surface area contributed by atoms with Gasteiger partial charge in [0.1, 0.15) is 5.82 Å². The van der Waals surface area contributed by atoms with Crippen molar-refractivity contribution in [3.05, 3.63) is 29.1 Å². The molecule has 2 heteroatoms. The van der Waals surface area contributed by atoms with Gasteiger partial charge in [0.05, 0.1) is 0 Å². The Morgan fingerprint density at radius 1 is 1.31 bits per heavy atom. The van der Waals surface area contributed by atoms with Crippen LogP contribution in [0.15, 0.2) is 12.1 Å². The molecular formula is C11H16FN. The SMILES string of the molecule is CCNc1cc(F)cc(CC)c1C. The van der Waals surface area contributed by atoms with Crippen molar-refractivity contribution < 1.29 is 4.39 Å². The average molecular weight is 181 g/mol. The van der Waals surface area contributed by atoms with Crippen LogP contribution in [0.1, 0.15) is 25.0 Å². The van der Waals surface area contributed by atoms with Crippen LogP contribution < -0.4 is 5.32 Å². The predicted molar refractivity (Wildman–Crippen MR) is 54.7 cm³/mol. The van der Waals surface area contributed by atoms with Crippen LogP contribution in [0.5, 0.6) is 0 Å². The zero-order chi connectivity index (χ0) is 9.84. The summed E-state index contributed by atoms with van der Waals surface area (Å²) in [7, 11) is 0. The lowest BCUT2D eigenvalue weighted by Gasteiger charge is -2.11. The van der Waals surface area contributed by atoms with Crippen LogP contribution >= 0.6 is 0 Å². The Kier molecular flexibility index (Phi) is 3.29. The van der Waals surface area contributed by atoms with Gasteiger partial charge in [0, 0.05) is 12.2 Å².